The van der Waals surface area contributed by atoms with Crippen LogP contribution in [0.15, 0.2) is 64.4 Å². The largest absolute Gasteiger partial charge is 0.327 e. The maximum Gasteiger partial charge on any atom is 0.319 e. The van der Waals surface area contributed by atoms with Crippen molar-refractivity contribution in [1.82, 2.24) is 20.8 Å². The van der Waals surface area contributed by atoms with E-state index in [9.17, 15) is 9.59 Å². The van der Waals surface area contributed by atoms with Crippen LogP contribution in [0.5, 0.6) is 0 Å². The number of benzene rings is 2. The molecule has 0 aliphatic carbocycles. The number of nitrogens with one attached hydrogen (secondary N) is 4. The number of fused-ring (bicyclic) bond motifs is 1. The molecule has 0 fully saturated rings. The fourth-order valence-corrected chi connectivity index (χ4v) is 3.57. The Morgan fingerprint density at radius 3 is 2.89 bits per heavy atom. The van der Waals surface area contributed by atoms with E-state index in [1.165, 1.54) is 0 Å². The number of urea groups is 1. The van der Waals surface area contributed by atoms with E-state index in [4.69, 9.17) is 0 Å². The predicted molar refractivity (Wildman–Crippen MR) is 106 cm³/mol. The third kappa shape index (κ3) is 3.43. The van der Waals surface area contributed by atoms with Crippen molar-refractivity contribution in [2.75, 3.05) is 5.32 Å². The molecule has 1 aliphatic heterocycles. The van der Waals surface area contributed by atoms with Crippen LogP contribution in [0.4, 0.5) is 10.5 Å². The summed E-state index contributed by atoms with van der Waals surface area (Å²) in [6, 6.07) is 12.1. The lowest BCUT2D eigenvalue weighted by atomic mass is 9.95. The zero-order chi connectivity index (χ0) is 19.0. The molecule has 8 heteroatoms. The fourth-order valence-electron chi connectivity index (χ4n) is 3.15. The number of aromatic amines is 1. The van der Waals surface area contributed by atoms with Crippen molar-refractivity contribution in [3.05, 3.63) is 70.0 Å². The summed E-state index contributed by atoms with van der Waals surface area (Å²) >= 11 is 3.44. The van der Waals surface area contributed by atoms with Crippen LogP contribution >= 0.6 is 15.9 Å². The first kappa shape index (κ1) is 17.3. The van der Waals surface area contributed by atoms with Gasteiger partial charge in [0, 0.05) is 21.2 Å². The average molecular weight is 426 g/mol. The molecule has 3 aromatic rings. The molecule has 136 valence electrons. The Labute approximate surface area is 163 Å². The van der Waals surface area contributed by atoms with Crippen LogP contribution in [0.2, 0.25) is 0 Å². The highest BCUT2D eigenvalue weighted by molar-refractivity contribution is 9.10. The number of hydrogen-bond donors (Lipinski definition) is 4. The number of H-pyrrole nitrogens is 1. The van der Waals surface area contributed by atoms with E-state index in [1.54, 1.807) is 19.2 Å². The number of halogens is 1. The second-order valence-corrected chi connectivity index (χ2v) is 7.17. The Kier molecular flexibility index (Phi) is 4.41. The number of rotatable bonds is 3. The van der Waals surface area contributed by atoms with E-state index in [-0.39, 0.29) is 11.9 Å². The van der Waals surface area contributed by atoms with Gasteiger partial charge in [0.25, 0.3) is 5.91 Å². The number of carbonyl (C=O) groups excluding carboxylic acids is 2. The second-order valence-electron chi connectivity index (χ2n) is 6.25. The van der Waals surface area contributed by atoms with Crippen LogP contribution in [0.25, 0.3) is 10.9 Å². The lowest BCUT2D eigenvalue weighted by Gasteiger charge is -2.28. The Morgan fingerprint density at radius 1 is 1.22 bits per heavy atom. The number of carbonyl (C=O) groups is 2. The smallest absolute Gasteiger partial charge is 0.319 e. The zero-order valence-corrected chi connectivity index (χ0v) is 15.9. The molecule has 0 spiro atoms. The van der Waals surface area contributed by atoms with Gasteiger partial charge in [-0.25, -0.2) is 4.79 Å². The van der Waals surface area contributed by atoms with Gasteiger partial charge in [0.2, 0.25) is 0 Å². The number of hydrogen-bond acceptors (Lipinski definition) is 3. The van der Waals surface area contributed by atoms with E-state index in [1.807, 2.05) is 36.4 Å². The van der Waals surface area contributed by atoms with E-state index in [0.717, 1.165) is 20.9 Å². The van der Waals surface area contributed by atoms with Gasteiger partial charge >= 0.3 is 6.03 Å². The van der Waals surface area contributed by atoms with Gasteiger partial charge in [0.1, 0.15) is 0 Å². The lowest BCUT2D eigenvalue weighted by molar-refractivity contribution is -0.113. The molecular weight excluding hydrogens is 410 g/mol. The average Bonchev–Trinajstić information content (AvgIpc) is 3.08. The third-order valence-electron chi connectivity index (χ3n) is 4.39. The summed E-state index contributed by atoms with van der Waals surface area (Å²) in [5.41, 5.74) is 3.33. The van der Waals surface area contributed by atoms with Crippen molar-refractivity contribution in [3.63, 3.8) is 0 Å². The van der Waals surface area contributed by atoms with Gasteiger partial charge in [-0.3, -0.25) is 9.89 Å². The van der Waals surface area contributed by atoms with E-state index in [2.05, 4.69) is 42.1 Å². The first-order valence-electron chi connectivity index (χ1n) is 8.29. The zero-order valence-electron chi connectivity index (χ0n) is 14.3. The molecule has 2 aromatic carbocycles. The Hall–Kier alpha value is -3.13. The third-order valence-corrected chi connectivity index (χ3v) is 4.89. The van der Waals surface area contributed by atoms with Gasteiger partial charge in [-0.15, -0.1) is 0 Å². The molecule has 2 heterocycles. The van der Waals surface area contributed by atoms with Crippen LogP contribution in [-0.2, 0) is 4.79 Å². The molecule has 0 saturated carbocycles. The Balaban J connectivity index is 1.68. The van der Waals surface area contributed by atoms with Crippen LogP contribution in [0, 0.1) is 0 Å². The first-order valence-corrected chi connectivity index (χ1v) is 9.09. The molecule has 1 atom stereocenters. The Morgan fingerprint density at radius 2 is 2.07 bits per heavy atom. The lowest BCUT2D eigenvalue weighted by Crippen LogP contribution is -2.45. The normalized spacial score (nSPS) is 16.8. The first-order chi connectivity index (χ1) is 13.0. The molecule has 7 nitrogen and oxygen atoms in total. The highest BCUT2D eigenvalue weighted by atomic mass is 79.9. The maximum absolute atomic E-state index is 13.0. The second kappa shape index (κ2) is 6.88. The van der Waals surface area contributed by atoms with E-state index < -0.39 is 6.04 Å². The van der Waals surface area contributed by atoms with Crippen LogP contribution < -0.4 is 16.0 Å². The van der Waals surface area contributed by atoms with Gasteiger partial charge in [0.05, 0.1) is 23.3 Å². The molecule has 1 aromatic heterocycles. The molecule has 3 amide bonds. The quantitative estimate of drug-likeness (QED) is 0.515. The van der Waals surface area contributed by atoms with Crippen molar-refractivity contribution >= 4 is 44.5 Å². The molecule has 4 rings (SSSR count). The van der Waals surface area contributed by atoms with E-state index in [0.29, 0.717) is 17.0 Å². The molecule has 1 unspecified atom stereocenters. The van der Waals surface area contributed by atoms with Gasteiger partial charge in [-0.05, 0) is 42.8 Å². The standard InChI is InChI=1S/C19H16BrN5O2/c1-10-16(17(24-19(27)22-10)11-3-2-4-13(20)7-11)18(26)23-14-5-6-15-12(8-14)9-21-25-15/h2-9,17H,1H3,(H,21,25)(H,23,26)(H2,22,24,27). The number of allylic oxidation sites excluding steroid dienone is 1. The minimum absolute atomic E-state index is 0.284. The number of nitrogens with zero attached hydrogens (tertiary/aromatic N) is 1. The summed E-state index contributed by atoms with van der Waals surface area (Å²) in [6.45, 7) is 1.72. The fraction of sp³-hybridized carbons (Fsp3) is 0.105. The maximum atomic E-state index is 13.0. The summed E-state index contributed by atoms with van der Waals surface area (Å²) in [5, 5.41) is 16.2. The Bertz CT molecular complexity index is 1090. The SMILES string of the molecule is CC1=C(C(=O)Nc2ccc3[nH]ncc3c2)C(c2cccc(Br)c2)NC(=O)N1. The van der Waals surface area contributed by atoms with Crippen LogP contribution in [0.1, 0.15) is 18.5 Å². The minimum Gasteiger partial charge on any atom is -0.327 e. The van der Waals surface area contributed by atoms with Gasteiger partial charge in [0.15, 0.2) is 0 Å². The van der Waals surface area contributed by atoms with Crippen LogP contribution in [0.3, 0.4) is 0 Å². The van der Waals surface area contributed by atoms with Crippen LogP contribution in [-0.4, -0.2) is 22.1 Å². The highest BCUT2D eigenvalue weighted by Gasteiger charge is 2.31. The molecule has 0 bridgehead atoms. The monoisotopic (exact) mass is 425 g/mol. The summed E-state index contributed by atoms with van der Waals surface area (Å²) in [5.74, 6) is -0.284. The summed E-state index contributed by atoms with van der Waals surface area (Å²) in [4.78, 5) is 25.0. The molecule has 4 N–H and O–H groups in total. The van der Waals surface area contributed by atoms with Crippen molar-refractivity contribution in [3.8, 4) is 0 Å². The van der Waals surface area contributed by atoms with Crippen molar-refractivity contribution < 1.29 is 9.59 Å². The number of aromatic nitrogens is 2. The summed E-state index contributed by atoms with van der Waals surface area (Å²) in [6.07, 6.45) is 1.70. The molecule has 0 radical (unpaired) electrons. The number of amides is 3. The highest BCUT2D eigenvalue weighted by Crippen LogP contribution is 2.29. The van der Waals surface area contributed by atoms with Gasteiger partial charge < -0.3 is 16.0 Å². The van der Waals surface area contributed by atoms with Gasteiger partial charge in [-0.2, -0.15) is 5.10 Å². The molecular formula is C19H16BrN5O2. The minimum atomic E-state index is -0.547. The van der Waals surface area contributed by atoms with Crippen molar-refractivity contribution in [2.24, 2.45) is 0 Å². The number of anilines is 1. The van der Waals surface area contributed by atoms with Gasteiger partial charge in [-0.1, -0.05) is 28.1 Å². The predicted octanol–water partition coefficient (Wildman–Crippen LogP) is 3.59. The summed E-state index contributed by atoms with van der Waals surface area (Å²) < 4.78 is 0.871. The van der Waals surface area contributed by atoms with Crippen molar-refractivity contribution in [1.29, 1.82) is 0 Å². The topological polar surface area (TPSA) is 98.9 Å². The molecule has 27 heavy (non-hydrogen) atoms. The molecule has 0 saturated heterocycles. The van der Waals surface area contributed by atoms with E-state index >= 15 is 0 Å². The summed E-state index contributed by atoms with van der Waals surface area (Å²) in [7, 11) is 0. The molecule has 1 aliphatic rings. The van der Waals surface area contributed by atoms with Crippen molar-refractivity contribution in [2.45, 2.75) is 13.0 Å².